The molecule has 5 heteroatoms. The number of amides is 2. The van der Waals surface area contributed by atoms with Gasteiger partial charge in [-0.3, -0.25) is 4.90 Å². The van der Waals surface area contributed by atoms with Gasteiger partial charge in [-0.2, -0.15) is 0 Å². The monoisotopic (exact) mass is 313 g/mol. The van der Waals surface area contributed by atoms with E-state index in [1.54, 1.807) is 12.0 Å². The number of hydrogen-bond donors (Lipinski definition) is 1. The maximum atomic E-state index is 11.3. The van der Waals surface area contributed by atoms with Gasteiger partial charge >= 0.3 is 6.03 Å². The Labute approximate surface area is 136 Å². The number of methoxy groups -OCH3 is 1. The Morgan fingerprint density at radius 3 is 2.61 bits per heavy atom. The van der Waals surface area contributed by atoms with E-state index in [0.29, 0.717) is 6.54 Å². The van der Waals surface area contributed by atoms with Crippen LogP contribution < -0.4 is 10.5 Å². The molecule has 1 saturated heterocycles. The molecule has 0 spiro atoms. The Bertz CT molecular complexity index is 702. The Kier molecular flexibility index (Phi) is 4.67. The predicted molar refractivity (Wildman–Crippen MR) is 91.6 cm³/mol. The van der Waals surface area contributed by atoms with Gasteiger partial charge in [0.1, 0.15) is 5.75 Å². The van der Waals surface area contributed by atoms with Gasteiger partial charge in [0.15, 0.2) is 0 Å². The Balaban J connectivity index is 1.80. The molecular formula is C18H23N3O2. The number of hydrogen-bond acceptors (Lipinski definition) is 3. The molecule has 2 amide bonds. The molecule has 2 N–H and O–H groups in total. The van der Waals surface area contributed by atoms with Gasteiger partial charge < -0.3 is 15.4 Å². The van der Waals surface area contributed by atoms with E-state index >= 15 is 0 Å². The number of carbonyl (C=O) groups is 1. The van der Waals surface area contributed by atoms with Crippen molar-refractivity contribution in [2.24, 2.45) is 5.73 Å². The van der Waals surface area contributed by atoms with Crippen LogP contribution in [0.25, 0.3) is 10.8 Å². The average molecular weight is 313 g/mol. The van der Waals surface area contributed by atoms with E-state index in [1.165, 1.54) is 10.9 Å². The molecular weight excluding hydrogens is 290 g/mol. The van der Waals surface area contributed by atoms with Crippen LogP contribution in [0.4, 0.5) is 4.79 Å². The second kappa shape index (κ2) is 6.87. The lowest BCUT2D eigenvalue weighted by Gasteiger charge is -2.22. The minimum atomic E-state index is -0.318. The summed E-state index contributed by atoms with van der Waals surface area (Å²) in [5.74, 6) is 0.903. The SMILES string of the molecule is COc1ccc(CN2CCCN(C(N)=O)CC2)c2ccccc12. The van der Waals surface area contributed by atoms with Gasteiger partial charge in [0.25, 0.3) is 0 Å². The van der Waals surface area contributed by atoms with Crippen molar-refractivity contribution >= 4 is 16.8 Å². The molecule has 1 heterocycles. The van der Waals surface area contributed by atoms with Crippen LogP contribution >= 0.6 is 0 Å². The summed E-state index contributed by atoms with van der Waals surface area (Å²) in [5.41, 5.74) is 6.68. The first-order valence-corrected chi connectivity index (χ1v) is 8.00. The number of nitrogens with zero attached hydrogens (tertiary/aromatic N) is 2. The van der Waals surface area contributed by atoms with Crippen molar-refractivity contribution in [1.82, 2.24) is 9.80 Å². The second-order valence-corrected chi connectivity index (χ2v) is 5.93. The third-order valence-corrected chi connectivity index (χ3v) is 4.49. The average Bonchev–Trinajstić information content (AvgIpc) is 2.81. The van der Waals surface area contributed by atoms with Crippen molar-refractivity contribution in [2.45, 2.75) is 13.0 Å². The zero-order valence-electron chi connectivity index (χ0n) is 13.5. The van der Waals surface area contributed by atoms with E-state index < -0.39 is 0 Å². The van der Waals surface area contributed by atoms with Gasteiger partial charge in [-0.1, -0.05) is 30.3 Å². The summed E-state index contributed by atoms with van der Waals surface area (Å²) in [7, 11) is 1.70. The van der Waals surface area contributed by atoms with Crippen LogP contribution in [0, 0.1) is 0 Å². The highest BCUT2D eigenvalue weighted by atomic mass is 16.5. The van der Waals surface area contributed by atoms with E-state index in [9.17, 15) is 4.79 Å². The van der Waals surface area contributed by atoms with Crippen molar-refractivity contribution in [3.05, 3.63) is 42.0 Å². The van der Waals surface area contributed by atoms with Crippen molar-refractivity contribution in [1.29, 1.82) is 0 Å². The lowest BCUT2D eigenvalue weighted by atomic mass is 10.0. The van der Waals surface area contributed by atoms with E-state index in [4.69, 9.17) is 10.5 Å². The van der Waals surface area contributed by atoms with Gasteiger partial charge in [-0.15, -0.1) is 0 Å². The molecule has 0 aromatic heterocycles. The number of ether oxygens (including phenoxy) is 1. The third-order valence-electron chi connectivity index (χ3n) is 4.49. The van der Waals surface area contributed by atoms with Crippen LogP contribution in [0.2, 0.25) is 0 Å². The Hall–Kier alpha value is -2.27. The Morgan fingerprint density at radius 1 is 1.09 bits per heavy atom. The summed E-state index contributed by atoms with van der Waals surface area (Å²) in [5, 5.41) is 2.36. The van der Waals surface area contributed by atoms with Crippen LogP contribution in [-0.2, 0) is 6.54 Å². The fourth-order valence-electron chi connectivity index (χ4n) is 3.24. The highest BCUT2D eigenvalue weighted by molar-refractivity contribution is 5.91. The van der Waals surface area contributed by atoms with Gasteiger partial charge in [-0.05, 0) is 23.4 Å². The summed E-state index contributed by atoms with van der Waals surface area (Å²) < 4.78 is 5.46. The summed E-state index contributed by atoms with van der Waals surface area (Å²) >= 11 is 0. The molecule has 0 saturated carbocycles. The highest BCUT2D eigenvalue weighted by Crippen LogP contribution is 2.29. The fraction of sp³-hybridized carbons (Fsp3) is 0.389. The topological polar surface area (TPSA) is 58.8 Å². The molecule has 1 fully saturated rings. The van der Waals surface area contributed by atoms with Crippen LogP contribution in [0.1, 0.15) is 12.0 Å². The van der Waals surface area contributed by atoms with Crippen LogP contribution in [0.3, 0.4) is 0 Å². The van der Waals surface area contributed by atoms with Crippen LogP contribution in [-0.4, -0.2) is 49.1 Å². The highest BCUT2D eigenvalue weighted by Gasteiger charge is 2.18. The molecule has 0 aliphatic carbocycles. The molecule has 0 bridgehead atoms. The quantitative estimate of drug-likeness (QED) is 0.947. The number of primary amides is 1. The molecule has 1 aliphatic rings. The molecule has 2 aromatic carbocycles. The van der Waals surface area contributed by atoms with Crippen molar-refractivity contribution < 1.29 is 9.53 Å². The minimum Gasteiger partial charge on any atom is -0.496 e. The first-order chi connectivity index (χ1) is 11.2. The van der Waals surface area contributed by atoms with Gasteiger partial charge in [0, 0.05) is 38.1 Å². The van der Waals surface area contributed by atoms with E-state index in [2.05, 4.69) is 29.2 Å². The molecule has 2 aromatic rings. The number of carbonyl (C=O) groups excluding carboxylic acids is 1. The van der Waals surface area contributed by atoms with Crippen LogP contribution in [0.5, 0.6) is 5.75 Å². The largest absolute Gasteiger partial charge is 0.496 e. The first kappa shape index (κ1) is 15.6. The summed E-state index contributed by atoms with van der Waals surface area (Å²) in [6.45, 7) is 4.14. The number of fused-ring (bicyclic) bond motifs is 1. The number of rotatable bonds is 3. The molecule has 1 aliphatic heterocycles. The van der Waals surface area contributed by atoms with E-state index in [0.717, 1.165) is 43.7 Å². The predicted octanol–water partition coefficient (Wildman–Crippen LogP) is 2.43. The summed E-state index contributed by atoms with van der Waals surface area (Å²) in [6.07, 6.45) is 0.955. The molecule has 3 rings (SSSR count). The minimum absolute atomic E-state index is 0.318. The molecule has 23 heavy (non-hydrogen) atoms. The maximum absolute atomic E-state index is 11.3. The number of urea groups is 1. The molecule has 0 atom stereocenters. The molecule has 0 radical (unpaired) electrons. The smallest absolute Gasteiger partial charge is 0.314 e. The zero-order chi connectivity index (χ0) is 16.2. The summed E-state index contributed by atoms with van der Waals surface area (Å²) in [4.78, 5) is 15.4. The zero-order valence-corrected chi connectivity index (χ0v) is 13.5. The van der Waals surface area contributed by atoms with Gasteiger partial charge in [-0.25, -0.2) is 4.79 Å². The van der Waals surface area contributed by atoms with E-state index in [1.807, 2.05) is 12.1 Å². The first-order valence-electron chi connectivity index (χ1n) is 8.00. The molecule has 5 nitrogen and oxygen atoms in total. The number of nitrogens with two attached hydrogens (primary N) is 1. The van der Waals surface area contributed by atoms with E-state index in [-0.39, 0.29) is 6.03 Å². The third kappa shape index (κ3) is 3.40. The molecule has 122 valence electrons. The van der Waals surface area contributed by atoms with Crippen molar-refractivity contribution in [3.8, 4) is 5.75 Å². The standard InChI is InChI=1S/C18H23N3O2/c1-23-17-8-7-14(15-5-2-3-6-16(15)17)13-20-9-4-10-21(12-11-20)18(19)22/h2-3,5-8H,4,9-13H2,1H3,(H2,19,22). The molecule has 0 unspecified atom stereocenters. The lowest BCUT2D eigenvalue weighted by molar-refractivity contribution is 0.207. The lowest BCUT2D eigenvalue weighted by Crippen LogP contribution is -2.38. The van der Waals surface area contributed by atoms with Gasteiger partial charge in [0.2, 0.25) is 0 Å². The van der Waals surface area contributed by atoms with Crippen molar-refractivity contribution in [3.63, 3.8) is 0 Å². The fourth-order valence-corrected chi connectivity index (χ4v) is 3.24. The van der Waals surface area contributed by atoms with Crippen molar-refractivity contribution in [2.75, 3.05) is 33.3 Å². The maximum Gasteiger partial charge on any atom is 0.314 e. The van der Waals surface area contributed by atoms with Gasteiger partial charge in [0.05, 0.1) is 7.11 Å². The number of benzene rings is 2. The second-order valence-electron chi connectivity index (χ2n) is 5.93. The summed E-state index contributed by atoms with van der Waals surface area (Å²) in [6, 6.07) is 12.2. The van der Waals surface area contributed by atoms with Crippen LogP contribution in [0.15, 0.2) is 36.4 Å². The normalized spacial score (nSPS) is 16.3. The Morgan fingerprint density at radius 2 is 1.87 bits per heavy atom.